The van der Waals surface area contributed by atoms with Gasteiger partial charge in [-0.05, 0) is 36.9 Å². The molecule has 2 N–H and O–H groups in total. The number of pyridine rings is 1. The summed E-state index contributed by atoms with van der Waals surface area (Å²) in [5, 5.41) is 9.28. The maximum Gasteiger partial charge on any atom is 0.271 e. The van der Waals surface area contributed by atoms with E-state index in [2.05, 4.69) is 15.3 Å². The molecule has 5 nitrogen and oxygen atoms in total. The normalized spacial score (nSPS) is 10.7. The molecule has 0 atom stereocenters. The zero-order chi connectivity index (χ0) is 16.4. The largest absolute Gasteiger partial charge is 0.346 e. The van der Waals surface area contributed by atoms with E-state index in [-0.39, 0.29) is 18.0 Å². The second-order valence-corrected chi connectivity index (χ2v) is 6.81. The number of aromatic amines is 1. The molecule has 0 aliphatic heterocycles. The summed E-state index contributed by atoms with van der Waals surface area (Å²) in [4.78, 5) is 31.3. The van der Waals surface area contributed by atoms with Gasteiger partial charge in [-0.2, -0.15) is 11.3 Å². The summed E-state index contributed by atoms with van der Waals surface area (Å²) in [6.07, 6.45) is 0. The van der Waals surface area contributed by atoms with Crippen LogP contribution in [-0.4, -0.2) is 15.9 Å². The molecule has 0 spiro atoms. The third-order valence-corrected chi connectivity index (χ3v) is 5.00. The molecule has 0 aliphatic rings. The fourth-order valence-corrected chi connectivity index (χ4v) is 3.77. The van der Waals surface area contributed by atoms with Gasteiger partial charge >= 0.3 is 0 Å². The fraction of sp³-hybridized carbons (Fsp3) is 0.188. The molecular formula is C16H15N3O2S2. The predicted octanol–water partition coefficient (Wildman–Crippen LogP) is 3.11. The highest BCUT2D eigenvalue weighted by atomic mass is 32.1. The van der Waals surface area contributed by atoms with Gasteiger partial charge in [-0.3, -0.25) is 9.59 Å². The van der Waals surface area contributed by atoms with Gasteiger partial charge in [-0.25, -0.2) is 4.98 Å². The molecule has 3 aromatic rings. The Morgan fingerprint density at radius 3 is 2.87 bits per heavy atom. The van der Waals surface area contributed by atoms with E-state index in [4.69, 9.17) is 0 Å². The number of carbonyl (C=O) groups is 1. The number of hydrogen-bond donors (Lipinski definition) is 2. The number of nitrogens with one attached hydrogen (secondary N) is 2. The van der Waals surface area contributed by atoms with Crippen molar-refractivity contribution < 1.29 is 4.79 Å². The number of thiophene rings is 1. The van der Waals surface area contributed by atoms with Crippen LogP contribution >= 0.6 is 22.7 Å². The third kappa shape index (κ3) is 3.40. The van der Waals surface area contributed by atoms with Crippen molar-refractivity contribution in [1.82, 2.24) is 15.3 Å². The minimum atomic E-state index is -0.276. The molecule has 3 heterocycles. The zero-order valence-corrected chi connectivity index (χ0v) is 14.3. The number of nitrogens with zero attached hydrogens (tertiary/aromatic N) is 1. The highest BCUT2D eigenvalue weighted by Crippen LogP contribution is 2.25. The number of hydrogen-bond acceptors (Lipinski definition) is 5. The Balaban J connectivity index is 1.72. The molecule has 0 fully saturated rings. The van der Waals surface area contributed by atoms with Gasteiger partial charge in [0, 0.05) is 34.1 Å². The van der Waals surface area contributed by atoms with E-state index in [9.17, 15) is 9.59 Å². The highest BCUT2D eigenvalue weighted by Gasteiger charge is 2.13. The first-order valence-electron chi connectivity index (χ1n) is 7.00. The summed E-state index contributed by atoms with van der Waals surface area (Å²) < 4.78 is 0. The van der Waals surface area contributed by atoms with Crippen LogP contribution in [0, 0.1) is 13.8 Å². The Morgan fingerprint density at radius 1 is 1.35 bits per heavy atom. The average molecular weight is 345 g/mol. The summed E-state index contributed by atoms with van der Waals surface area (Å²) in [6.45, 7) is 3.88. The lowest BCUT2D eigenvalue weighted by Crippen LogP contribution is -2.28. The number of H-pyrrole nitrogens is 1. The zero-order valence-electron chi connectivity index (χ0n) is 12.7. The van der Waals surface area contributed by atoms with Crippen LogP contribution in [0.2, 0.25) is 0 Å². The molecule has 1 amide bonds. The van der Waals surface area contributed by atoms with E-state index >= 15 is 0 Å². The van der Waals surface area contributed by atoms with Crippen LogP contribution in [0.15, 0.2) is 33.1 Å². The lowest BCUT2D eigenvalue weighted by Gasteiger charge is -2.07. The fourth-order valence-electron chi connectivity index (χ4n) is 2.26. The molecule has 0 unspecified atom stereocenters. The van der Waals surface area contributed by atoms with Gasteiger partial charge in [0.05, 0.1) is 0 Å². The first-order chi connectivity index (χ1) is 11.0. The maximum atomic E-state index is 12.2. The van der Waals surface area contributed by atoms with E-state index in [0.717, 1.165) is 21.8 Å². The van der Waals surface area contributed by atoms with Gasteiger partial charge in [0.1, 0.15) is 10.7 Å². The number of thiazole rings is 1. The molecule has 0 radical (unpaired) electrons. The summed E-state index contributed by atoms with van der Waals surface area (Å²) in [5.74, 6) is -0.276. The molecule has 0 saturated carbocycles. The van der Waals surface area contributed by atoms with Crippen molar-refractivity contribution in [3.8, 4) is 10.6 Å². The van der Waals surface area contributed by atoms with Crippen LogP contribution < -0.4 is 10.9 Å². The van der Waals surface area contributed by atoms with Crippen LogP contribution in [0.4, 0.5) is 0 Å². The van der Waals surface area contributed by atoms with Crippen molar-refractivity contribution in [3.63, 3.8) is 0 Å². The topological polar surface area (TPSA) is 74.8 Å². The van der Waals surface area contributed by atoms with Crippen molar-refractivity contribution in [3.05, 3.63) is 61.1 Å². The third-order valence-electron chi connectivity index (χ3n) is 3.42. The second-order valence-electron chi connectivity index (χ2n) is 5.18. The Morgan fingerprint density at radius 2 is 2.17 bits per heavy atom. The molecule has 0 saturated heterocycles. The SMILES string of the molecule is Cc1cc(C)c(CNC(=O)c2csc(-c3ccsc3)n2)c(=O)[nH]1. The summed E-state index contributed by atoms with van der Waals surface area (Å²) in [7, 11) is 0. The van der Waals surface area contributed by atoms with Crippen molar-refractivity contribution in [2.45, 2.75) is 20.4 Å². The Labute approximate surface area is 141 Å². The van der Waals surface area contributed by atoms with Crippen molar-refractivity contribution in [2.24, 2.45) is 0 Å². The summed E-state index contributed by atoms with van der Waals surface area (Å²) in [6, 6.07) is 3.86. The minimum Gasteiger partial charge on any atom is -0.346 e. The van der Waals surface area contributed by atoms with Crippen molar-refractivity contribution in [2.75, 3.05) is 0 Å². The molecule has 118 valence electrons. The van der Waals surface area contributed by atoms with Gasteiger partial charge in [0.25, 0.3) is 11.5 Å². The highest BCUT2D eigenvalue weighted by molar-refractivity contribution is 7.14. The number of rotatable bonds is 4. The molecule has 0 bridgehead atoms. The van der Waals surface area contributed by atoms with Gasteiger partial charge in [0.2, 0.25) is 0 Å². The van der Waals surface area contributed by atoms with Crippen LogP contribution in [0.1, 0.15) is 27.3 Å². The van der Waals surface area contributed by atoms with Crippen LogP contribution in [0.3, 0.4) is 0 Å². The van der Waals surface area contributed by atoms with Crippen LogP contribution in [-0.2, 0) is 6.54 Å². The molecule has 0 aliphatic carbocycles. The standard InChI is InChI=1S/C16H15N3O2S2/c1-9-5-10(2)18-14(20)12(9)6-17-15(21)13-8-23-16(19-13)11-3-4-22-7-11/h3-5,7-8H,6H2,1-2H3,(H,17,21)(H,18,20). The summed E-state index contributed by atoms with van der Waals surface area (Å²) >= 11 is 3.02. The van der Waals surface area contributed by atoms with Gasteiger partial charge < -0.3 is 10.3 Å². The maximum absolute atomic E-state index is 12.2. The van der Waals surface area contributed by atoms with E-state index in [0.29, 0.717) is 11.3 Å². The molecule has 3 aromatic heterocycles. The predicted molar refractivity (Wildman–Crippen MR) is 93.1 cm³/mol. The molecule has 7 heteroatoms. The van der Waals surface area contributed by atoms with Gasteiger partial charge in [-0.15, -0.1) is 11.3 Å². The lowest BCUT2D eigenvalue weighted by molar-refractivity contribution is 0.0946. The lowest BCUT2D eigenvalue weighted by atomic mass is 10.1. The minimum absolute atomic E-state index is 0.167. The molecule has 23 heavy (non-hydrogen) atoms. The van der Waals surface area contributed by atoms with Gasteiger partial charge in [0.15, 0.2) is 0 Å². The van der Waals surface area contributed by atoms with Gasteiger partial charge in [-0.1, -0.05) is 0 Å². The Kier molecular flexibility index (Phi) is 4.40. The Bertz CT molecular complexity index is 894. The van der Waals surface area contributed by atoms with Crippen molar-refractivity contribution >= 4 is 28.6 Å². The Hall–Kier alpha value is -2.25. The molecule has 3 rings (SSSR count). The first kappa shape index (κ1) is 15.6. The smallest absolute Gasteiger partial charge is 0.271 e. The van der Waals surface area contributed by atoms with E-state index in [1.54, 1.807) is 16.7 Å². The van der Waals surface area contributed by atoms with E-state index in [1.165, 1.54) is 11.3 Å². The van der Waals surface area contributed by atoms with Crippen LogP contribution in [0.25, 0.3) is 10.6 Å². The monoisotopic (exact) mass is 345 g/mol. The van der Waals surface area contributed by atoms with E-state index in [1.807, 2.05) is 36.7 Å². The average Bonchev–Trinajstić information content (AvgIpc) is 3.17. The number of amides is 1. The molecular weight excluding hydrogens is 330 g/mol. The number of carbonyl (C=O) groups excluding carboxylic acids is 1. The number of aromatic nitrogens is 2. The van der Waals surface area contributed by atoms with Crippen molar-refractivity contribution in [1.29, 1.82) is 0 Å². The number of aryl methyl sites for hydroxylation is 2. The summed E-state index contributed by atoms with van der Waals surface area (Å²) in [5.41, 5.74) is 3.46. The first-order valence-corrected chi connectivity index (χ1v) is 8.82. The van der Waals surface area contributed by atoms with E-state index < -0.39 is 0 Å². The molecule has 0 aromatic carbocycles. The second kappa shape index (κ2) is 6.47. The van der Waals surface area contributed by atoms with Crippen LogP contribution in [0.5, 0.6) is 0 Å². The quantitative estimate of drug-likeness (QED) is 0.763.